The zero-order valence-corrected chi connectivity index (χ0v) is 22.9. The van der Waals surface area contributed by atoms with E-state index in [1.54, 1.807) is 18.2 Å². The topological polar surface area (TPSA) is 138 Å². The average Bonchev–Trinajstić information content (AvgIpc) is 3.20. The highest BCUT2D eigenvalue weighted by molar-refractivity contribution is 7.91. The lowest BCUT2D eigenvalue weighted by Gasteiger charge is -2.29. The summed E-state index contributed by atoms with van der Waals surface area (Å²) in [5.41, 5.74) is 0.764. The van der Waals surface area contributed by atoms with E-state index in [4.69, 9.17) is 5.11 Å². The zero-order valence-electron chi connectivity index (χ0n) is 22.1. The summed E-state index contributed by atoms with van der Waals surface area (Å²) < 4.78 is 26.3. The van der Waals surface area contributed by atoms with Crippen LogP contribution in [-0.4, -0.2) is 53.9 Å². The van der Waals surface area contributed by atoms with Crippen molar-refractivity contribution >= 4 is 33.5 Å². The van der Waals surface area contributed by atoms with Crippen LogP contribution in [0.1, 0.15) is 112 Å². The van der Waals surface area contributed by atoms with Gasteiger partial charge < -0.3 is 10.0 Å². The number of carboxylic acids is 1. The number of aliphatic carboxylic acids is 1. The predicted molar refractivity (Wildman–Crippen MR) is 142 cm³/mol. The third-order valence-electron chi connectivity index (χ3n) is 7.43. The van der Waals surface area contributed by atoms with Crippen molar-refractivity contribution in [1.29, 1.82) is 0 Å². The first-order chi connectivity index (χ1) is 18.2. The second-order valence-corrected chi connectivity index (χ2v) is 12.5. The van der Waals surface area contributed by atoms with Crippen LogP contribution in [0, 0.1) is 0 Å². The van der Waals surface area contributed by atoms with Crippen LogP contribution in [0.4, 0.5) is 0 Å². The van der Waals surface area contributed by atoms with E-state index >= 15 is 0 Å². The molecule has 0 aliphatic carbocycles. The van der Waals surface area contributed by atoms with Crippen LogP contribution >= 0.6 is 0 Å². The third-order valence-corrected chi connectivity index (χ3v) is 9.31. The smallest absolute Gasteiger partial charge is 0.303 e. The zero-order chi connectivity index (χ0) is 27.5. The van der Waals surface area contributed by atoms with Crippen molar-refractivity contribution in [1.82, 2.24) is 10.2 Å². The minimum absolute atomic E-state index is 0.0257. The van der Waals surface area contributed by atoms with Crippen LogP contribution in [0.2, 0.25) is 0 Å². The molecule has 2 N–H and O–H groups in total. The monoisotopic (exact) mass is 548 g/mol. The highest BCUT2D eigenvalue weighted by atomic mass is 32.2. The van der Waals surface area contributed by atoms with Crippen molar-refractivity contribution in [2.45, 2.75) is 114 Å². The summed E-state index contributed by atoms with van der Waals surface area (Å²) in [6.07, 6.45) is 12.8. The lowest BCUT2D eigenvalue weighted by molar-refractivity contribution is -0.138. The Morgan fingerprint density at radius 3 is 2.05 bits per heavy atom. The van der Waals surface area contributed by atoms with Gasteiger partial charge in [0, 0.05) is 30.5 Å². The Bertz CT molecular complexity index is 1120. The van der Waals surface area contributed by atoms with Crippen molar-refractivity contribution in [2.75, 3.05) is 5.75 Å². The molecule has 1 unspecified atom stereocenters. The summed E-state index contributed by atoms with van der Waals surface area (Å²) in [7, 11) is -3.57. The lowest BCUT2D eigenvalue weighted by atomic mass is 10.0. The van der Waals surface area contributed by atoms with E-state index in [0.717, 1.165) is 51.4 Å². The van der Waals surface area contributed by atoms with Gasteiger partial charge in [0.05, 0.1) is 10.6 Å². The summed E-state index contributed by atoms with van der Waals surface area (Å²) >= 11 is 0. The number of imide groups is 1. The number of carbonyl (C=O) groups excluding carboxylic acids is 3. The number of fused-ring (bicyclic) bond motifs is 1. The number of hydrogen-bond acceptors (Lipinski definition) is 6. The maximum absolute atomic E-state index is 13.1. The standard InChI is InChI=1S/C28H40N2O7S/c31-25-18-17-23(27(34)29-25)30-20-22-21(28(30)35)14-13-15-24(22)38(36,37)19-12-10-8-6-4-2-1-3-5-7-9-11-16-26(32)33/h13-15,23H,1-12,16-20H2,(H,32,33)(H,29,31,34). The molecule has 10 heteroatoms. The average molecular weight is 549 g/mol. The molecule has 2 aliphatic heterocycles. The third kappa shape index (κ3) is 8.38. The summed E-state index contributed by atoms with van der Waals surface area (Å²) in [4.78, 5) is 48.7. The second kappa shape index (κ2) is 14.4. The van der Waals surface area contributed by atoms with Gasteiger partial charge in [0.15, 0.2) is 9.84 Å². The minimum atomic E-state index is -3.57. The number of nitrogens with zero attached hydrogens (tertiary/aromatic N) is 1. The highest BCUT2D eigenvalue weighted by Gasteiger charge is 2.40. The van der Waals surface area contributed by atoms with Crippen molar-refractivity contribution in [2.24, 2.45) is 0 Å². The highest BCUT2D eigenvalue weighted by Crippen LogP contribution is 2.32. The molecular formula is C28H40N2O7S. The number of sulfone groups is 1. The van der Waals surface area contributed by atoms with E-state index in [1.165, 1.54) is 24.2 Å². The fourth-order valence-corrected chi connectivity index (χ4v) is 6.93. The summed E-state index contributed by atoms with van der Waals surface area (Å²) in [6.45, 7) is 0.0538. The first-order valence-corrected chi connectivity index (χ1v) is 15.6. The van der Waals surface area contributed by atoms with Crippen molar-refractivity contribution in [3.8, 4) is 0 Å². The molecule has 0 spiro atoms. The molecule has 1 atom stereocenters. The van der Waals surface area contributed by atoms with Crippen molar-refractivity contribution in [3.05, 3.63) is 29.3 Å². The van der Waals surface area contributed by atoms with E-state index in [0.29, 0.717) is 17.5 Å². The lowest BCUT2D eigenvalue weighted by Crippen LogP contribution is -2.52. The molecule has 1 fully saturated rings. The van der Waals surface area contributed by atoms with Gasteiger partial charge in [-0.05, 0) is 31.4 Å². The quantitative estimate of drug-likeness (QED) is 0.218. The minimum Gasteiger partial charge on any atom is -0.481 e. The molecule has 38 heavy (non-hydrogen) atoms. The number of carboxylic acid groups (broad SMARTS) is 1. The summed E-state index contributed by atoms with van der Waals surface area (Å²) in [5, 5.41) is 10.9. The number of carbonyl (C=O) groups is 4. The fraction of sp³-hybridized carbons (Fsp3) is 0.643. The molecule has 9 nitrogen and oxygen atoms in total. The Morgan fingerprint density at radius 1 is 0.895 bits per heavy atom. The molecule has 1 aromatic rings. The number of benzene rings is 1. The number of unbranched alkanes of at least 4 members (excludes halogenated alkanes) is 11. The summed E-state index contributed by atoms with van der Waals surface area (Å²) in [5.74, 6) is -1.94. The fourth-order valence-electron chi connectivity index (χ4n) is 5.29. The Kier molecular flexibility index (Phi) is 11.3. The molecular weight excluding hydrogens is 508 g/mol. The Hall–Kier alpha value is -2.75. The molecule has 210 valence electrons. The first kappa shape index (κ1) is 29.8. The SMILES string of the molecule is O=C(O)CCCCCCCCCCCCCCS(=O)(=O)c1cccc2c1CN(C1CCC(=O)NC1=O)C2=O. The largest absolute Gasteiger partial charge is 0.481 e. The molecule has 3 amide bonds. The van der Waals surface area contributed by atoms with Gasteiger partial charge in [-0.3, -0.25) is 24.5 Å². The Morgan fingerprint density at radius 2 is 1.47 bits per heavy atom. The van der Waals surface area contributed by atoms with Crippen molar-refractivity contribution in [3.63, 3.8) is 0 Å². The molecule has 1 saturated heterocycles. The number of piperidine rings is 1. The van der Waals surface area contributed by atoms with Crippen molar-refractivity contribution < 1.29 is 32.7 Å². The summed E-state index contributed by atoms with van der Waals surface area (Å²) in [6, 6.07) is 3.95. The van der Waals surface area contributed by atoms with Crippen LogP contribution in [0.25, 0.3) is 0 Å². The van der Waals surface area contributed by atoms with E-state index in [-0.39, 0.29) is 48.3 Å². The van der Waals surface area contributed by atoms with Gasteiger partial charge in [-0.25, -0.2) is 8.42 Å². The second-order valence-electron chi connectivity index (χ2n) is 10.4. The van der Waals surface area contributed by atoms with Crippen LogP contribution in [0.15, 0.2) is 23.1 Å². The normalized spacial score (nSPS) is 17.5. The molecule has 2 heterocycles. The van der Waals surface area contributed by atoms with Gasteiger partial charge in [0.25, 0.3) is 5.91 Å². The van der Waals surface area contributed by atoms with Crippen LogP contribution in [0.3, 0.4) is 0 Å². The number of amides is 3. The van der Waals surface area contributed by atoms with Crippen LogP contribution in [0.5, 0.6) is 0 Å². The van der Waals surface area contributed by atoms with Gasteiger partial charge in [-0.1, -0.05) is 70.3 Å². The molecule has 0 aromatic heterocycles. The molecule has 3 rings (SSSR count). The van der Waals surface area contributed by atoms with Gasteiger partial charge in [-0.2, -0.15) is 0 Å². The molecule has 1 aromatic carbocycles. The predicted octanol–water partition coefficient (Wildman–Crippen LogP) is 4.38. The van der Waals surface area contributed by atoms with Crippen LogP contribution in [-0.2, 0) is 30.8 Å². The Balaban J connectivity index is 1.36. The number of rotatable bonds is 17. The van der Waals surface area contributed by atoms with Gasteiger partial charge in [0.2, 0.25) is 11.8 Å². The van der Waals surface area contributed by atoms with E-state index < -0.39 is 27.8 Å². The van der Waals surface area contributed by atoms with Gasteiger partial charge in [0.1, 0.15) is 6.04 Å². The molecule has 0 bridgehead atoms. The Labute approximate surface area is 225 Å². The number of hydrogen-bond donors (Lipinski definition) is 2. The van der Waals surface area contributed by atoms with Gasteiger partial charge >= 0.3 is 5.97 Å². The molecule has 0 radical (unpaired) electrons. The van der Waals surface area contributed by atoms with Crippen LogP contribution < -0.4 is 5.32 Å². The van der Waals surface area contributed by atoms with E-state index in [1.807, 2.05) is 0 Å². The van der Waals surface area contributed by atoms with Gasteiger partial charge in [-0.15, -0.1) is 0 Å². The maximum atomic E-state index is 13.1. The van der Waals surface area contributed by atoms with E-state index in [9.17, 15) is 27.6 Å². The first-order valence-electron chi connectivity index (χ1n) is 13.9. The van der Waals surface area contributed by atoms with E-state index in [2.05, 4.69) is 5.32 Å². The molecule has 2 aliphatic rings. The molecule has 0 saturated carbocycles. The maximum Gasteiger partial charge on any atom is 0.303 e. The number of nitrogens with one attached hydrogen (secondary N) is 1.